The molecule has 78 valence electrons. The van der Waals surface area contributed by atoms with Gasteiger partial charge in [-0.25, -0.2) is 0 Å². The first kappa shape index (κ1) is 11.3. The fourth-order valence-corrected chi connectivity index (χ4v) is 1.50. The smallest absolute Gasteiger partial charge is 0.0815 e. The van der Waals surface area contributed by atoms with E-state index in [-0.39, 0.29) is 6.10 Å². The molecule has 0 saturated heterocycles. The van der Waals surface area contributed by atoms with Gasteiger partial charge in [0.1, 0.15) is 0 Å². The predicted octanol–water partition coefficient (Wildman–Crippen LogP) is 3.33. The third-order valence-electron chi connectivity index (χ3n) is 2.91. The van der Waals surface area contributed by atoms with Crippen LogP contribution in [-0.2, 0) is 6.42 Å². The third-order valence-corrected chi connectivity index (χ3v) is 2.91. The van der Waals surface area contributed by atoms with E-state index < -0.39 is 0 Å². The van der Waals surface area contributed by atoms with E-state index in [4.69, 9.17) is 0 Å². The molecule has 1 nitrogen and oxygen atoms in total. The van der Waals surface area contributed by atoms with Gasteiger partial charge in [-0.15, -0.1) is 0 Å². The average Bonchev–Trinajstić information content (AvgIpc) is 2.27. The van der Waals surface area contributed by atoms with Crippen LogP contribution in [0.2, 0.25) is 0 Å². The molecule has 1 aromatic carbocycles. The standard InChI is InChI=1S/C13H20O/c1-4-10(3)13(14)12-8-6-11(5-2)7-9-12/h6-10,13-14H,4-5H2,1-3H3. The molecule has 0 aliphatic heterocycles. The van der Waals surface area contributed by atoms with E-state index in [2.05, 4.69) is 32.9 Å². The molecular weight excluding hydrogens is 172 g/mol. The van der Waals surface area contributed by atoms with Crippen LogP contribution >= 0.6 is 0 Å². The van der Waals surface area contributed by atoms with Crippen molar-refractivity contribution in [3.8, 4) is 0 Å². The molecule has 1 N–H and O–H groups in total. The largest absolute Gasteiger partial charge is 0.388 e. The molecule has 0 spiro atoms. The van der Waals surface area contributed by atoms with Gasteiger partial charge in [0.2, 0.25) is 0 Å². The first-order valence-electron chi connectivity index (χ1n) is 5.45. The van der Waals surface area contributed by atoms with Gasteiger partial charge in [0.15, 0.2) is 0 Å². The van der Waals surface area contributed by atoms with E-state index in [1.54, 1.807) is 0 Å². The molecule has 14 heavy (non-hydrogen) atoms. The number of benzene rings is 1. The van der Waals surface area contributed by atoms with Gasteiger partial charge in [-0.2, -0.15) is 0 Å². The Bertz CT molecular complexity index is 263. The minimum Gasteiger partial charge on any atom is -0.388 e. The SMILES string of the molecule is CCc1ccc(C(O)C(C)CC)cc1. The van der Waals surface area contributed by atoms with Crippen LogP contribution in [0.15, 0.2) is 24.3 Å². The quantitative estimate of drug-likeness (QED) is 0.775. The summed E-state index contributed by atoms with van der Waals surface area (Å²) in [7, 11) is 0. The van der Waals surface area contributed by atoms with Crippen LogP contribution in [0.3, 0.4) is 0 Å². The van der Waals surface area contributed by atoms with E-state index in [0.29, 0.717) is 5.92 Å². The average molecular weight is 192 g/mol. The van der Waals surface area contributed by atoms with Crippen molar-refractivity contribution in [2.24, 2.45) is 5.92 Å². The number of aliphatic hydroxyl groups excluding tert-OH is 1. The molecule has 0 aromatic heterocycles. The van der Waals surface area contributed by atoms with Crippen molar-refractivity contribution in [3.05, 3.63) is 35.4 Å². The van der Waals surface area contributed by atoms with Gasteiger partial charge in [-0.3, -0.25) is 0 Å². The lowest BCUT2D eigenvalue weighted by Gasteiger charge is -2.17. The topological polar surface area (TPSA) is 20.2 Å². The van der Waals surface area contributed by atoms with Gasteiger partial charge in [0.25, 0.3) is 0 Å². The lowest BCUT2D eigenvalue weighted by molar-refractivity contribution is 0.115. The summed E-state index contributed by atoms with van der Waals surface area (Å²) in [4.78, 5) is 0. The second-order valence-corrected chi connectivity index (χ2v) is 3.93. The molecule has 0 saturated carbocycles. The van der Waals surface area contributed by atoms with E-state index in [1.807, 2.05) is 12.1 Å². The Balaban J connectivity index is 2.75. The van der Waals surface area contributed by atoms with Gasteiger partial charge < -0.3 is 5.11 Å². The van der Waals surface area contributed by atoms with Crippen molar-refractivity contribution in [2.45, 2.75) is 39.7 Å². The molecule has 0 fully saturated rings. The van der Waals surface area contributed by atoms with Crippen LogP contribution in [0.4, 0.5) is 0 Å². The van der Waals surface area contributed by atoms with Crippen molar-refractivity contribution >= 4 is 0 Å². The summed E-state index contributed by atoms with van der Waals surface area (Å²) in [6.45, 7) is 6.33. The van der Waals surface area contributed by atoms with Crippen molar-refractivity contribution in [1.29, 1.82) is 0 Å². The molecule has 2 atom stereocenters. The zero-order valence-corrected chi connectivity index (χ0v) is 9.33. The Morgan fingerprint density at radius 2 is 1.71 bits per heavy atom. The molecule has 0 amide bonds. The monoisotopic (exact) mass is 192 g/mol. The Kier molecular flexibility index (Phi) is 4.15. The second-order valence-electron chi connectivity index (χ2n) is 3.93. The van der Waals surface area contributed by atoms with Crippen LogP contribution < -0.4 is 0 Å². The Morgan fingerprint density at radius 3 is 2.14 bits per heavy atom. The van der Waals surface area contributed by atoms with Crippen LogP contribution in [0.1, 0.15) is 44.4 Å². The van der Waals surface area contributed by atoms with Gasteiger partial charge in [-0.05, 0) is 23.5 Å². The molecule has 1 heteroatoms. The molecule has 2 unspecified atom stereocenters. The van der Waals surface area contributed by atoms with E-state index >= 15 is 0 Å². The highest BCUT2D eigenvalue weighted by atomic mass is 16.3. The summed E-state index contributed by atoms with van der Waals surface area (Å²) in [6, 6.07) is 8.27. The normalized spacial score (nSPS) is 15.1. The lowest BCUT2D eigenvalue weighted by Crippen LogP contribution is -2.07. The summed E-state index contributed by atoms with van der Waals surface area (Å²) in [5, 5.41) is 9.95. The number of rotatable bonds is 4. The highest BCUT2D eigenvalue weighted by molar-refractivity contribution is 5.24. The van der Waals surface area contributed by atoms with Crippen LogP contribution in [0.5, 0.6) is 0 Å². The van der Waals surface area contributed by atoms with E-state index in [9.17, 15) is 5.11 Å². The highest BCUT2D eigenvalue weighted by Gasteiger charge is 2.13. The Morgan fingerprint density at radius 1 is 1.14 bits per heavy atom. The van der Waals surface area contributed by atoms with Crippen molar-refractivity contribution in [1.82, 2.24) is 0 Å². The number of aryl methyl sites for hydroxylation is 1. The Hall–Kier alpha value is -0.820. The molecule has 0 radical (unpaired) electrons. The number of hydrogen-bond acceptors (Lipinski definition) is 1. The second kappa shape index (κ2) is 5.16. The van der Waals surface area contributed by atoms with Gasteiger partial charge in [-0.1, -0.05) is 51.5 Å². The molecule has 1 rings (SSSR count). The van der Waals surface area contributed by atoms with Crippen LogP contribution in [0.25, 0.3) is 0 Å². The fraction of sp³-hybridized carbons (Fsp3) is 0.538. The first-order chi connectivity index (χ1) is 6.69. The van der Waals surface area contributed by atoms with Crippen LogP contribution in [0, 0.1) is 5.92 Å². The summed E-state index contributed by atoms with van der Waals surface area (Å²) in [6.07, 6.45) is 1.75. The maximum Gasteiger partial charge on any atom is 0.0815 e. The third kappa shape index (κ3) is 2.58. The summed E-state index contributed by atoms with van der Waals surface area (Å²) >= 11 is 0. The van der Waals surface area contributed by atoms with Crippen molar-refractivity contribution in [2.75, 3.05) is 0 Å². The molecule has 1 aromatic rings. The lowest BCUT2D eigenvalue weighted by atomic mass is 9.94. The maximum atomic E-state index is 9.95. The van der Waals surface area contributed by atoms with Crippen molar-refractivity contribution in [3.63, 3.8) is 0 Å². The molecule has 0 aliphatic rings. The highest BCUT2D eigenvalue weighted by Crippen LogP contribution is 2.24. The van der Waals surface area contributed by atoms with E-state index in [0.717, 1.165) is 18.4 Å². The minimum absolute atomic E-state index is 0.314. The van der Waals surface area contributed by atoms with Gasteiger partial charge in [0, 0.05) is 0 Å². The zero-order chi connectivity index (χ0) is 10.6. The fourth-order valence-electron chi connectivity index (χ4n) is 1.50. The van der Waals surface area contributed by atoms with Gasteiger partial charge >= 0.3 is 0 Å². The number of hydrogen-bond donors (Lipinski definition) is 1. The Labute approximate surface area is 86.8 Å². The summed E-state index contributed by atoms with van der Waals surface area (Å²) in [5.41, 5.74) is 2.36. The molecular formula is C13H20O. The predicted molar refractivity (Wildman–Crippen MR) is 60.2 cm³/mol. The van der Waals surface area contributed by atoms with Gasteiger partial charge in [0.05, 0.1) is 6.10 Å². The van der Waals surface area contributed by atoms with Crippen LogP contribution in [-0.4, -0.2) is 5.11 Å². The van der Waals surface area contributed by atoms with E-state index in [1.165, 1.54) is 5.56 Å². The maximum absolute atomic E-state index is 9.95. The molecule has 0 aliphatic carbocycles. The first-order valence-corrected chi connectivity index (χ1v) is 5.45. The minimum atomic E-state index is -0.314. The zero-order valence-electron chi connectivity index (χ0n) is 9.33. The molecule has 0 bridgehead atoms. The van der Waals surface area contributed by atoms with Crippen molar-refractivity contribution < 1.29 is 5.11 Å². The number of aliphatic hydroxyl groups is 1. The summed E-state index contributed by atoms with van der Waals surface area (Å²) in [5.74, 6) is 0.336. The summed E-state index contributed by atoms with van der Waals surface area (Å²) < 4.78 is 0. The molecule has 0 heterocycles.